The molecular weight excluding hydrogens is 390 g/mol. The molecule has 2 fully saturated rings. The zero-order chi connectivity index (χ0) is 21.0. The summed E-state index contributed by atoms with van der Waals surface area (Å²) in [6, 6.07) is 8.40. The van der Waals surface area contributed by atoms with Gasteiger partial charge in [-0.05, 0) is 56.3 Å². The molecule has 8 nitrogen and oxygen atoms in total. The lowest BCUT2D eigenvalue weighted by molar-refractivity contribution is 0.122. The highest BCUT2D eigenvalue weighted by Gasteiger charge is 2.14. The number of nitrogens with zero attached hydrogens (tertiary/aromatic N) is 6. The Hall–Kier alpha value is -2.97. The van der Waals surface area contributed by atoms with Crippen LogP contribution in [0.15, 0.2) is 42.9 Å². The molecule has 0 bridgehead atoms. The Morgan fingerprint density at radius 3 is 2.55 bits per heavy atom. The van der Waals surface area contributed by atoms with E-state index in [2.05, 4.69) is 55.7 Å². The van der Waals surface area contributed by atoms with Gasteiger partial charge in [-0.2, -0.15) is 5.10 Å². The highest BCUT2D eigenvalue weighted by Crippen LogP contribution is 2.24. The molecule has 8 heteroatoms. The summed E-state index contributed by atoms with van der Waals surface area (Å²) in [5, 5.41) is 7.86. The molecule has 5 rings (SSSR count). The largest absolute Gasteiger partial charge is 0.378 e. The second-order valence-corrected chi connectivity index (χ2v) is 8.18. The van der Waals surface area contributed by atoms with E-state index in [9.17, 15) is 0 Å². The van der Waals surface area contributed by atoms with Crippen molar-refractivity contribution in [3.63, 3.8) is 0 Å². The third-order valence-corrected chi connectivity index (χ3v) is 5.97. The zero-order valence-corrected chi connectivity index (χ0v) is 18.0. The van der Waals surface area contributed by atoms with Gasteiger partial charge in [0.1, 0.15) is 0 Å². The summed E-state index contributed by atoms with van der Waals surface area (Å²) in [7, 11) is 0. The molecule has 2 aromatic heterocycles. The van der Waals surface area contributed by atoms with Crippen LogP contribution in [-0.2, 0) is 11.3 Å². The van der Waals surface area contributed by atoms with Gasteiger partial charge >= 0.3 is 0 Å². The number of aryl methyl sites for hydroxylation is 1. The van der Waals surface area contributed by atoms with Gasteiger partial charge in [-0.3, -0.25) is 4.68 Å². The Bertz CT molecular complexity index is 1010. The molecular formula is C23H29N7O. The summed E-state index contributed by atoms with van der Waals surface area (Å²) in [4.78, 5) is 14.0. The Kier molecular flexibility index (Phi) is 5.82. The molecule has 3 aromatic rings. The van der Waals surface area contributed by atoms with Crippen molar-refractivity contribution in [3.8, 4) is 11.3 Å². The van der Waals surface area contributed by atoms with E-state index in [-0.39, 0.29) is 0 Å². The van der Waals surface area contributed by atoms with E-state index in [1.54, 1.807) is 0 Å². The van der Waals surface area contributed by atoms with Crippen molar-refractivity contribution < 1.29 is 4.74 Å². The Labute approximate surface area is 182 Å². The molecule has 2 aliphatic rings. The fourth-order valence-electron chi connectivity index (χ4n) is 3.96. The van der Waals surface area contributed by atoms with Gasteiger partial charge in [0.05, 0.1) is 31.6 Å². The van der Waals surface area contributed by atoms with E-state index in [0.29, 0.717) is 5.95 Å². The number of ether oxygens (including phenoxy) is 1. The lowest BCUT2D eigenvalue weighted by Gasteiger charge is -2.30. The van der Waals surface area contributed by atoms with Crippen molar-refractivity contribution in [1.82, 2.24) is 24.6 Å². The Morgan fingerprint density at radius 2 is 1.81 bits per heavy atom. The van der Waals surface area contributed by atoms with Crippen molar-refractivity contribution in [2.24, 2.45) is 0 Å². The van der Waals surface area contributed by atoms with E-state index < -0.39 is 0 Å². The SMILES string of the molecule is Cc1cnc(Nc2ccc(N3CCOCC3)cc2)nc1-c1cnn(CCN2CCC2)c1. The van der Waals surface area contributed by atoms with Gasteiger partial charge in [0.2, 0.25) is 5.95 Å². The molecule has 0 spiro atoms. The molecule has 162 valence electrons. The van der Waals surface area contributed by atoms with Crippen molar-refractivity contribution in [2.45, 2.75) is 19.9 Å². The molecule has 0 unspecified atom stereocenters. The minimum Gasteiger partial charge on any atom is -0.378 e. The topological polar surface area (TPSA) is 71.3 Å². The van der Waals surface area contributed by atoms with Crippen LogP contribution in [0.2, 0.25) is 0 Å². The summed E-state index contributed by atoms with van der Waals surface area (Å²) < 4.78 is 7.44. The average Bonchev–Trinajstić information content (AvgIpc) is 3.24. The second-order valence-electron chi connectivity index (χ2n) is 8.18. The first-order valence-electron chi connectivity index (χ1n) is 11.0. The fraction of sp³-hybridized carbons (Fsp3) is 0.435. The fourth-order valence-corrected chi connectivity index (χ4v) is 3.96. The van der Waals surface area contributed by atoms with E-state index in [0.717, 1.165) is 61.9 Å². The van der Waals surface area contributed by atoms with Crippen molar-refractivity contribution in [2.75, 3.05) is 56.2 Å². The Balaban J connectivity index is 1.26. The quantitative estimate of drug-likeness (QED) is 0.631. The van der Waals surface area contributed by atoms with E-state index in [1.165, 1.54) is 25.2 Å². The molecule has 31 heavy (non-hydrogen) atoms. The third kappa shape index (κ3) is 4.70. The summed E-state index contributed by atoms with van der Waals surface area (Å²) in [6.07, 6.45) is 7.16. The minimum absolute atomic E-state index is 0.591. The monoisotopic (exact) mass is 419 g/mol. The number of likely N-dealkylation sites (tertiary alicyclic amines) is 1. The first-order chi connectivity index (χ1) is 15.2. The van der Waals surface area contributed by atoms with Crippen LogP contribution in [0.5, 0.6) is 0 Å². The average molecular weight is 420 g/mol. The van der Waals surface area contributed by atoms with Gasteiger partial charge < -0.3 is 19.9 Å². The summed E-state index contributed by atoms with van der Waals surface area (Å²) in [6.45, 7) is 9.86. The van der Waals surface area contributed by atoms with Crippen molar-refractivity contribution in [3.05, 3.63) is 48.4 Å². The van der Waals surface area contributed by atoms with Crippen LogP contribution < -0.4 is 10.2 Å². The number of hydrogen-bond acceptors (Lipinski definition) is 7. The summed E-state index contributed by atoms with van der Waals surface area (Å²) in [5.41, 5.74) is 5.16. The number of aromatic nitrogens is 4. The molecule has 4 heterocycles. The van der Waals surface area contributed by atoms with Crippen LogP contribution in [0.3, 0.4) is 0 Å². The zero-order valence-electron chi connectivity index (χ0n) is 18.0. The molecule has 0 radical (unpaired) electrons. The maximum Gasteiger partial charge on any atom is 0.227 e. The maximum atomic E-state index is 5.44. The Morgan fingerprint density at radius 1 is 1.00 bits per heavy atom. The number of morpholine rings is 1. The molecule has 0 atom stereocenters. The lowest BCUT2D eigenvalue weighted by Crippen LogP contribution is -2.39. The molecule has 0 saturated carbocycles. The number of rotatable bonds is 7. The predicted molar refractivity (Wildman–Crippen MR) is 122 cm³/mol. The van der Waals surface area contributed by atoms with Crippen LogP contribution in [0.1, 0.15) is 12.0 Å². The van der Waals surface area contributed by atoms with Crippen LogP contribution in [0.25, 0.3) is 11.3 Å². The first kappa shape index (κ1) is 20.0. The smallest absolute Gasteiger partial charge is 0.227 e. The number of anilines is 3. The standard InChI is InChI=1S/C23H29N7O/c1-18-15-24-23(26-20-3-5-21(6-4-20)29-11-13-31-14-12-29)27-22(18)19-16-25-30(17-19)10-9-28-7-2-8-28/h3-6,15-17H,2,7-14H2,1H3,(H,24,26,27). The lowest BCUT2D eigenvalue weighted by atomic mass is 10.1. The van der Waals surface area contributed by atoms with Crippen LogP contribution >= 0.6 is 0 Å². The van der Waals surface area contributed by atoms with E-state index in [4.69, 9.17) is 9.72 Å². The summed E-state index contributed by atoms with van der Waals surface area (Å²) in [5.74, 6) is 0.591. The van der Waals surface area contributed by atoms with E-state index >= 15 is 0 Å². The molecule has 1 aromatic carbocycles. The van der Waals surface area contributed by atoms with Gasteiger partial charge in [-0.15, -0.1) is 0 Å². The number of nitrogens with one attached hydrogen (secondary N) is 1. The van der Waals surface area contributed by atoms with Crippen LogP contribution in [0.4, 0.5) is 17.3 Å². The van der Waals surface area contributed by atoms with E-state index in [1.807, 2.05) is 24.0 Å². The van der Waals surface area contributed by atoms with Crippen LogP contribution in [0, 0.1) is 6.92 Å². The maximum absolute atomic E-state index is 5.44. The molecule has 0 aliphatic carbocycles. The van der Waals surface area contributed by atoms with Crippen molar-refractivity contribution in [1.29, 1.82) is 0 Å². The number of hydrogen-bond donors (Lipinski definition) is 1. The normalized spacial score (nSPS) is 16.9. The van der Waals surface area contributed by atoms with Gasteiger partial charge in [-0.1, -0.05) is 0 Å². The molecule has 2 saturated heterocycles. The minimum atomic E-state index is 0.591. The van der Waals surface area contributed by atoms with Crippen LogP contribution in [-0.4, -0.2) is 70.6 Å². The van der Waals surface area contributed by atoms with Crippen molar-refractivity contribution >= 4 is 17.3 Å². The highest BCUT2D eigenvalue weighted by atomic mass is 16.5. The van der Waals surface area contributed by atoms with Gasteiger partial charge in [0.25, 0.3) is 0 Å². The summed E-state index contributed by atoms with van der Waals surface area (Å²) >= 11 is 0. The van der Waals surface area contributed by atoms with Gasteiger partial charge in [-0.25, -0.2) is 9.97 Å². The molecule has 1 N–H and O–H groups in total. The predicted octanol–water partition coefficient (Wildman–Crippen LogP) is 2.93. The highest BCUT2D eigenvalue weighted by molar-refractivity contribution is 5.65. The van der Waals surface area contributed by atoms with Gasteiger partial charge in [0, 0.05) is 49.0 Å². The second kappa shape index (κ2) is 9.03. The molecule has 0 amide bonds. The third-order valence-electron chi connectivity index (χ3n) is 5.97. The number of benzene rings is 1. The molecule has 2 aliphatic heterocycles. The van der Waals surface area contributed by atoms with Gasteiger partial charge in [0.15, 0.2) is 0 Å². The first-order valence-corrected chi connectivity index (χ1v) is 11.0.